The molecule has 3 N–H and O–H groups in total. The SMILES string of the molecule is NCc1cc2c(cc1CN(Cc1nc3ccccc3[nH]1)C1CCCc3cccnc31)COC2. The van der Waals surface area contributed by atoms with Gasteiger partial charge in [-0.2, -0.15) is 0 Å². The van der Waals surface area contributed by atoms with Crippen LogP contribution in [0.15, 0.2) is 54.7 Å². The van der Waals surface area contributed by atoms with E-state index in [1.165, 1.54) is 39.9 Å². The van der Waals surface area contributed by atoms with Crippen LogP contribution in [0.2, 0.25) is 0 Å². The maximum absolute atomic E-state index is 6.19. The molecule has 2 aliphatic rings. The van der Waals surface area contributed by atoms with Gasteiger partial charge >= 0.3 is 0 Å². The molecule has 0 radical (unpaired) electrons. The van der Waals surface area contributed by atoms with Crippen LogP contribution in [0.25, 0.3) is 11.0 Å². The quantitative estimate of drug-likeness (QED) is 0.462. The van der Waals surface area contributed by atoms with Crippen molar-refractivity contribution >= 4 is 11.0 Å². The number of fused-ring (bicyclic) bond motifs is 3. The van der Waals surface area contributed by atoms with E-state index < -0.39 is 0 Å². The van der Waals surface area contributed by atoms with Crippen molar-refractivity contribution in [2.45, 2.75) is 58.2 Å². The first-order chi connectivity index (χ1) is 16.3. The third-order valence-corrected chi connectivity index (χ3v) is 7.03. The number of ether oxygens (including phenoxy) is 1. The molecule has 33 heavy (non-hydrogen) atoms. The van der Waals surface area contributed by atoms with Crippen molar-refractivity contribution in [1.82, 2.24) is 19.9 Å². The normalized spacial score (nSPS) is 17.5. The van der Waals surface area contributed by atoms with E-state index in [2.05, 4.69) is 46.3 Å². The number of H-pyrrole nitrogens is 1. The zero-order chi connectivity index (χ0) is 22.2. The van der Waals surface area contributed by atoms with Gasteiger partial charge in [-0.25, -0.2) is 4.98 Å². The Kier molecular flexibility index (Phi) is 5.42. The maximum Gasteiger partial charge on any atom is 0.121 e. The van der Waals surface area contributed by atoms with Crippen LogP contribution in [0, 0.1) is 0 Å². The Labute approximate surface area is 193 Å². The number of pyridine rings is 1. The van der Waals surface area contributed by atoms with Gasteiger partial charge in [-0.15, -0.1) is 0 Å². The molecule has 2 aromatic heterocycles. The summed E-state index contributed by atoms with van der Waals surface area (Å²) in [5, 5.41) is 0. The minimum atomic E-state index is 0.248. The van der Waals surface area contributed by atoms with Gasteiger partial charge in [-0.1, -0.05) is 30.3 Å². The van der Waals surface area contributed by atoms with Gasteiger partial charge in [0.05, 0.1) is 42.5 Å². The number of benzene rings is 2. The number of para-hydroxylation sites is 2. The molecule has 0 saturated heterocycles. The molecule has 6 nitrogen and oxygen atoms in total. The number of aromatic amines is 1. The second-order valence-electron chi connectivity index (χ2n) is 9.15. The van der Waals surface area contributed by atoms with Gasteiger partial charge in [0.2, 0.25) is 0 Å². The molecular formula is C27H29N5O. The molecule has 1 unspecified atom stereocenters. The van der Waals surface area contributed by atoms with E-state index in [4.69, 9.17) is 20.4 Å². The number of hydrogen-bond donors (Lipinski definition) is 2. The van der Waals surface area contributed by atoms with E-state index in [1.807, 2.05) is 18.3 Å². The van der Waals surface area contributed by atoms with Gasteiger partial charge in [-0.3, -0.25) is 9.88 Å². The lowest BCUT2D eigenvalue weighted by molar-refractivity contribution is 0.134. The smallest absolute Gasteiger partial charge is 0.121 e. The largest absolute Gasteiger partial charge is 0.372 e. The lowest BCUT2D eigenvalue weighted by Gasteiger charge is -2.35. The summed E-state index contributed by atoms with van der Waals surface area (Å²) in [6.45, 7) is 3.43. The van der Waals surface area contributed by atoms with Crippen LogP contribution in [-0.4, -0.2) is 19.9 Å². The van der Waals surface area contributed by atoms with E-state index in [9.17, 15) is 0 Å². The summed E-state index contributed by atoms with van der Waals surface area (Å²) in [7, 11) is 0. The fourth-order valence-corrected chi connectivity index (χ4v) is 5.38. The van der Waals surface area contributed by atoms with Crippen LogP contribution >= 0.6 is 0 Å². The molecule has 0 spiro atoms. The second kappa shape index (κ2) is 8.71. The summed E-state index contributed by atoms with van der Waals surface area (Å²) in [5.74, 6) is 0.984. The number of rotatable bonds is 6. The van der Waals surface area contributed by atoms with Crippen molar-refractivity contribution in [3.63, 3.8) is 0 Å². The highest BCUT2D eigenvalue weighted by Crippen LogP contribution is 2.35. The first kappa shape index (κ1) is 20.5. The van der Waals surface area contributed by atoms with Crippen LogP contribution in [0.3, 0.4) is 0 Å². The van der Waals surface area contributed by atoms with Crippen molar-refractivity contribution in [3.05, 3.63) is 94.1 Å². The zero-order valence-electron chi connectivity index (χ0n) is 18.8. The number of nitrogens with one attached hydrogen (secondary N) is 1. The first-order valence-electron chi connectivity index (χ1n) is 11.8. The molecule has 0 bridgehead atoms. The fraction of sp³-hybridized carbons (Fsp3) is 0.333. The van der Waals surface area contributed by atoms with Gasteiger partial charge in [0.15, 0.2) is 0 Å². The number of hydrogen-bond acceptors (Lipinski definition) is 5. The van der Waals surface area contributed by atoms with Crippen LogP contribution in [0.5, 0.6) is 0 Å². The third-order valence-electron chi connectivity index (χ3n) is 7.03. The average Bonchev–Trinajstić information content (AvgIpc) is 3.48. The minimum absolute atomic E-state index is 0.248. The van der Waals surface area contributed by atoms with E-state index >= 15 is 0 Å². The van der Waals surface area contributed by atoms with Gasteiger partial charge < -0.3 is 15.5 Å². The summed E-state index contributed by atoms with van der Waals surface area (Å²) in [6, 6.07) is 17.3. The van der Waals surface area contributed by atoms with Crippen LogP contribution < -0.4 is 5.73 Å². The van der Waals surface area contributed by atoms with Gasteiger partial charge in [0.1, 0.15) is 5.82 Å². The highest BCUT2D eigenvalue weighted by Gasteiger charge is 2.29. The van der Waals surface area contributed by atoms with Gasteiger partial charge in [0, 0.05) is 19.3 Å². The molecule has 1 atom stereocenters. The standard InChI is InChI=1S/C27H29N5O/c28-13-19-11-21-16-33-17-22(21)12-20(19)14-32(15-26-30-23-7-1-2-8-24(23)31-26)25-9-3-5-18-6-4-10-29-27(18)25/h1-2,4,6-8,10-12,25H,3,5,9,13-17,28H2,(H,30,31). The average molecular weight is 440 g/mol. The van der Waals surface area contributed by atoms with Gasteiger partial charge in [0.25, 0.3) is 0 Å². The molecule has 3 heterocycles. The lowest BCUT2D eigenvalue weighted by Crippen LogP contribution is -2.32. The van der Waals surface area contributed by atoms with Crippen molar-refractivity contribution in [2.24, 2.45) is 5.73 Å². The molecule has 4 aromatic rings. The number of nitrogens with zero attached hydrogens (tertiary/aromatic N) is 3. The van der Waals surface area contributed by atoms with Crippen molar-refractivity contribution < 1.29 is 4.74 Å². The molecule has 6 heteroatoms. The topological polar surface area (TPSA) is 80.1 Å². The monoisotopic (exact) mass is 439 g/mol. The Morgan fingerprint density at radius 2 is 1.85 bits per heavy atom. The predicted octanol–water partition coefficient (Wildman–Crippen LogP) is 4.53. The van der Waals surface area contributed by atoms with Gasteiger partial charge in [-0.05, 0) is 65.3 Å². The summed E-state index contributed by atoms with van der Waals surface area (Å²) in [5.41, 5.74) is 15.9. The third kappa shape index (κ3) is 3.95. The van der Waals surface area contributed by atoms with E-state index in [0.29, 0.717) is 19.8 Å². The number of imidazole rings is 1. The zero-order valence-corrected chi connectivity index (χ0v) is 18.8. The molecular weight excluding hydrogens is 410 g/mol. The minimum Gasteiger partial charge on any atom is -0.372 e. The Morgan fingerprint density at radius 3 is 2.70 bits per heavy atom. The van der Waals surface area contributed by atoms with Crippen LogP contribution in [0.4, 0.5) is 0 Å². The highest BCUT2D eigenvalue weighted by atomic mass is 16.5. The van der Waals surface area contributed by atoms with Crippen LogP contribution in [0.1, 0.15) is 58.2 Å². The van der Waals surface area contributed by atoms with Crippen molar-refractivity contribution in [3.8, 4) is 0 Å². The molecule has 0 saturated carbocycles. The number of aromatic nitrogens is 3. The molecule has 0 amide bonds. The van der Waals surface area contributed by atoms with E-state index in [1.54, 1.807) is 0 Å². The second-order valence-corrected chi connectivity index (χ2v) is 9.15. The Morgan fingerprint density at radius 1 is 1.00 bits per heavy atom. The predicted molar refractivity (Wildman–Crippen MR) is 128 cm³/mol. The first-order valence-corrected chi connectivity index (χ1v) is 11.8. The molecule has 6 rings (SSSR count). The van der Waals surface area contributed by atoms with Crippen LogP contribution in [-0.2, 0) is 44.0 Å². The Balaban J connectivity index is 1.39. The number of aryl methyl sites for hydroxylation is 1. The molecule has 168 valence electrons. The summed E-state index contributed by atoms with van der Waals surface area (Å²) >= 11 is 0. The molecule has 1 aliphatic heterocycles. The molecule has 0 fully saturated rings. The number of nitrogens with two attached hydrogens (primary N) is 1. The van der Waals surface area contributed by atoms with Crippen molar-refractivity contribution in [1.29, 1.82) is 0 Å². The van der Waals surface area contributed by atoms with E-state index in [0.717, 1.165) is 42.8 Å². The Hall–Kier alpha value is -3.06. The molecule has 2 aromatic carbocycles. The van der Waals surface area contributed by atoms with Crippen molar-refractivity contribution in [2.75, 3.05) is 0 Å². The Bertz CT molecular complexity index is 1260. The summed E-state index contributed by atoms with van der Waals surface area (Å²) in [4.78, 5) is 15.8. The van der Waals surface area contributed by atoms with E-state index in [-0.39, 0.29) is 6.04 Å². The maximum atomic E-state index is 6.19. The highest BCUT2D eigenvalue weighted by molar-refractivity contribution is 5.74. The molecule has 1 aliphatic carbocycles. The summed E-state index contributed by atoms with van der Waals surface area (Å²) < 4.78 is 5.69. The summed E-state index contributed by atoms with van der Waals surface area (Å²) in [6.07, 6.45) is 5.29. The fourth-order valence-electron chi connectivity index (χ4n) is 5.38. The lowest BCUT2D eigenvalue weighted by atomic mass is 9.90.